The summed E-state index contributed by atoms with van der Waals surface area (Å²) in [7, 11) is 0. The molecular formula is C20H26N2O4S. The lowest BCUT2D eigenvalue weighted by atomic mass is 9.76. The van der Waals surface area contributed by atoms with Gasteiger partial charge in [0.2, 0.25) is 0 Å². The van der Waals surface area contributed by atoms with Crippen LogP contribution in [0, 0.1) is 23.7 Å². The molecule has 0 bridgehead atoms. The summed E-state index contributed by atoms with van der Waals surface area (Å²) in [6.45, 7) is 3.86. The fraction of sp³-hybridized carbons (Fsp3) is 0.500. The largest absolute Gasteiger partial charge is 0.396 e. The number of hydroxylamine groups is 1. The van der Waals surface area contributed by atoms with Crippen LogP contribution in [0.15, 0.2) is 24.3 Å². The summed E-state index contributed by atoms with van der Waals surface area (Å²) in [6.07, 6.45) is 3.70. The highest BCUT2D eigenvalue weighted by molar-refractivity contribution is 8.00. The Hall–Kier alpha value is -2.01. The number of carbonyl (C=O) groups excluding carboxylic acids is 2. The van der Waals surface area contributed by atoms with Crippen molar-refractivity contribution in [3.63, 3.8) is 0 Å². The summed E-state index contributed by atoms with van der Waals surface area (Å²) in [5, 5.41) is 20.7. The highest BCUT2D eigenvalue weighted by Crippen LogP contribution is 2.32. The Labute approximate surface area is 164 Å². The number of hydrogen-bond donors (Lipinski definition) is 4. The summed E-state index contributed by atoms with van der Waals surface area (Å²) < 4.78 is -0.594. The number of aliphatic hydroxyl groups is 1. The molecule has 1 aromatic rings. The third-order valence-corrected chi connectivity index (χ3v) is 6.22. The Bertz CT molecular complexity index is 731. The van der Waals surface area contributed by atoms with Gasteiger partial charge in [0.15, 0.2) is 0 Å². The first-order chi connectivity index (χ1) is 12.8. The van der Waals surface area contributed by atoms with Crippen LogP contribution in [0.2, 0.25) is 0 Å². The van der Waals surface area contributed by atoms with Crippen molar-refractivity contribution in [1.82, 2.24) is 10.8 Å². The van der Waals surface area contributed by atoms with Crippen molar-refractivity contribution < 1.29 is 19.9 Å². The number of rotatable bonds is 6. The Balaban J connectivity index is 2.02. The second kappa shape index (κ2) is 9.27. The van der Waals surface area contributed by atoms with Gasteiger partial charge in [-0.1, -0.05) is 11.8 Å². The highest BCUT2D eigenvalue weighted by Gasteiger charge is 2.36. The molecule has 4 N–H and O–H groups in total. The van der Waals surface area contributed by atoms with E-state index in [4.69, 9.17) is 10.3 Å². The van der Waals surface area contributed by atoms with Crippen LogP contribution in [0.4, 0.5) is 0 Å². The number of benzene rings is 1. The van der Waals surface area contributed by atoms with E-state index >= 15 is 0 Å². The molecule has 6 nitrogen and oxygen atoms in total. The lowest BCUT2D eigenvalue weighted by molar-refractivity contribution is -0.131. The van der Waals surface area contributed by atoms with Gasteiger partial charge in [0.1, 0.15) is 6.04 Å². The lowest BCUT2D eigenvalue weighted by Crippen LogP contribution is -2.55. The molecule has 0 unspecified atom stereocenters. The van der Waals surface area contributed by atoms with Crippen LogP contribution in [0.5, 0.6) is 0 Å². The van der Waals surface area contributed by atoms with E-state index in [1.165, 1.54) is 11.8 Å². The second-order valence-corrected chi connectivity index (χ2v) is 8.71. The number of hydrogen-bond acceptors (Lipinski definition) is 5. The Morgan fingerprint density at radius 2 is 1.93 bits per heavy atom. The van der Waals surface area contributed by atoms with Gasteiger partial charge in [0, 0.05) is 28.4 Å². The topological polar surface area (TPSA) is 98.7 Å². The van der Waals surface area contributed by atoms with Gasteiger partial charge in [0.25, 0.3) is 11.8 Å². The summed E-state index contributed by atoms with van der Waals surface area (Å²) >= 11 is 1.42. The van der Waals surface area contributed by atoms with E-state index < -0.39 is 22.6 Å². The number of amides is 2. The molecule has 1 aromatic carbocycles. The number of carbonyl (C=O) groups is 2. The first kappa shape index (κ1) is 21.3. The molecule has 1 atom stereocenters. The molecule has 0 radical (unpaired) electrons. The third kappa shape index (κ3) is 5.48. The minimum Gasteiger partial charge on any atom is -0.396 e. The van der Waals surface area contributed by atoms with E-state index in [1.807, 2.05) is 20.1 Å². The van der Waals surface area contributed by atoms with Crippen LogP contribution in [-0.4, -0.2) is 45.8 Å². The summed E-state index contributed by atoms with van der Waals surface area (Å²) in [6, 6.07) is 5.98. The van der Waals surface area contributed by atoms with Crippen molar-refractivity contribution in [2.24, 2.45) is 11.8 Å². The average molecular weight is 391 g/mol. The molecule has 1 saturated carbocycles. The van der Waals surface area contributed by atoms with Crippen molar-refractivity contribution in [3.05, 3.63) is 35.4 Å². The van der Waals surface area contributed by atoms with Gasteiger partial charge in [-0.05, 0) is 63.1 Å². The van der Waals surface area contributed by atoms with Crippen LogP contribution < -0.4 is 10.8 Å². The average Bonchev–Trinajstić information content (AvgIpc) is 2.64. The van der Waals surface area contributed by atoms with Gasteiger partial charge in [-0.25, -0.2) is 5.48 Å². The monoisotopic (exact) mass is 390 g/mol. The molecule has 2 rings (SSSR count). The molecule has 0 aliphatic heterocycles. The fourth-order valence-corrected chi connectivity index (χ4v) is 3.25. The zero-order chi connectivity index (χ0) is 20.0. The van der Waals surface area contributed by atoms with E-state index in [9.17, 15) is 9.59 Å². The van der Waals surface area contributed by atoms with E-state index in [0.29, 0.717) is 17.4 Å². The van der Waals surface area contributed by atoms with E-state index in [2.05, 4.69) is 17.2 Å². The van der Waals surface area contributed by atoms with Gasteiger partial charge >= 0.3 is 0 Å². The number of thioether (sulfide) groups is 1. The standard InChI is InChI=1S/C20H26N2O4S/c1-20(2,27-3)17(19(25)22-26)21-18(24)16-8-6-13(7-9-16)4-5-14-10-15(11-14)12-23/h6-9,14-15,17,23,26H,10-12H2,1-3H3,(H,21,24)(H,22,25)/t14?,15?,17-/m1/s1. The van der Waals surface area contributed by atoms with Crippen molar-refractivity contribution in [2.75, 3.05) is 12.9 Å². The van der Waals surface area contributed by atoms with E-state index in [0.717, 1.165) is 18.4 Å². The third-order valence-electron chi connectivity index (χ3n) is 4.93. The maximum atomic E-state index is 12.5. The molecule has 0 saturated heterocycles. The first-order valence-electron chi connectivity index (χ1n) is 8.83. The van der Waals surface area contributed by atoms with Crippen LogP contribution in [-0.2, 0) is 4.79 Å². The van der Waals surface area contributed by atoms with Crippen LogP contribution in [0.25, 0.3) is 0 Å². The normalized spacial score (nSPS) is 19.9. The Morgan fingerprint density at radius 1 is 1.30 bits per heavy atom. The summed E-state index contributed by atoms with van der Waals surface area (Å²) in [5.41, 5.74) is 2.84. The smallest absolute Gasteiger partial charge is 0.267 e. The van der Waals surface area contributed by atoms with Gasteiger partial charge in [-0.3, -0.25) is 14.8 Å². The molecule has 2 amide bonds. The minimum atomic E-state index is -0.887. The Kier molecular flexibility index (Phi) is 7.31. The fourth-order valence-electron chi connectivity index (χ4n) is 2.84. The molecule has 0 heterocycles. The number of nitrogens with one attached hydrogen (secondary N) is 2. The van der Waals surface area contributed by atoms with Crippen molar-refractivity contribution in [3.8, 4) is 11.8 Å². The summed E-state index contributed by atoms with van der Waals surface area (Å²) in [5.74, 6) is 5.94. The molecule has 146 valence electrons. The van der Waals surface area contributed by atoms with Crippen molar-refractivity contribution >= 4 is 23.6 Å². The van der Waals surface area contributed by atoms with Crippen LogP contribution in [0.3, 0.4) is 0 Å². The van der Waals surface area contributed by atoms with E-state index in [1.54, 1.807) is 29.7 Å². The zero-order valence-electron chi connectivity index (χ0n) is 15.8. The van der Waals surface area contributed by atoms with Crippen molar-refractivity contribution in [2.45, 2.75) is 37.5 Å². The van der Waals surface area contributed by atoms with E-state index in [-0.39, 0.29) is 6.61 Å². The van der Waals surface area contributed by atoms with Crippen LogP contribution >= 0.6 is 11.8 Å². The molecule has 1 fully saturated rings. The summed E-state index contributed by atoms with van der Waals surface area (Å²) in [4.78, 5) is 24.4. The Morgan fingerprint density at radius 3 is 2.44 bits per heavy atom. The predicted molar refractivity (Wildman–Crippen MR) is 105 cm³/mol. The molecule has 1 aliphatic carbocycles. The molecular weight excluding hydrogens is 364 g/mol. The molecule has 1 aliphatic rings. The zero-order valence-corrected chi connectivity index (χ0v) is 16.6. The second-order valence-electron chi connectivity index (χ2n) is 7.25. The van der Waals surface area contributed by atoms with Gasteiger partial charge in [-0.15, -0.1) is 0 Å². The van der Waals surface area contributed by atoms with Crippen LogP contribution in [0.1, 0.15) is 42.6 Å². The molecule has 0 aromatic heterocycles. The molecule has 7 heteroatoms. The van der Waals surface area contributed by atoms with Gasteiger partial charge in [-0.2, -0.15) is 11.8 Å². The maximum absolute atomic E-state index is 12.5. The first-order valence-corrected chi connectivity index (χ1v) is 10.1. The van der Waals surface area contributed by atoms with Gasteiger partial charge < -0.3 is 10.4 Å². The lowest BCUT2D eigenvalue weighted by Gasteiger charge is -2.31. The minimum absolute atomic E-state index is 0.227. The highest BCUT2D eigenvalue weighted by atomic mass is 32.2. The number of aliphatic hydroxyl groups excluding tert-OH is 1. The van der Waals surface area contributed by atoms with Gasteiger partial charge in [0.05, 0.1) is 0 Å². The predicted octanol–water partition coefficient (Wildman–Crippen LogP) is 1.80. The quantitative estimate of drug-likeness (QED) is 0.337. The maximum Gasteiger partial charge on any atom is 0.267 e. The molecule has 0 spiro atoms. The van der Waals surface area contributed by atoms with Crippen molar-refractivity contribution in [1.29, 1.82) is 0 Å². The SMILES string of the molecule is CSC(C)(C)[C@H](NC(=O)c1ccc(C#CC2CC(CO)C2)cc1)C(=O)NO. The molecule has 27 heavy (non-hydrogen) atoms.